The normalized spacial score (nSPS) is 11.8. The Balaban J connectivity index is 2.55. The summed E-state index contributed by atoms with van der Waals surface area (Å²) >= 11 is 1.73. The predicted molar refractivity (Wildman–Crippen MR) is 79.8 cm³/mol. The molecule has 0 saturated carbocycles. The van der Waals surface area contributed by atoms with E-state index in [1.807, 2.05) is 41.9 Å². The summed E-state index contributed by atoms with van der Waals surface area (Å²) in [6.45, 7) is 8.46. The number of nitrogens with zero attached hydrogens (tertiary/aromatic N) is 2. The van der Waals surface area contributed by atoms with E-state index in [-0.39, 0.29) is 11.4 Å². The van der Waals surface area contributed by atoms with Gasteiger partial charge in [-0.2, -0.15) is 5.10 Å². The molecule has 0 atom stereocenters. The molecule has 0 unspecified atom stereocenters. The quantitative estimate of drug-likeness (QED) is 0.871. The van der Waals surface area contributed by atoms with Gasteiger partial charge in [-0.15, -0.1) is 0 Å². The Hall–Kier alpha value is -1.26. The minimum Gasteiger partial charge on any atom is -0.392 e. The van der Waals surface area contributed by atoms with Gasteiger partial charge in [0.25, 0.3) is 0 Å². The number of hydrogen-bond donors (Lipinski definition) is 1. The molecule has 102 valence electrons. The van der Waals surface area contributed by atoms with Crippen molar-refractivity contribution in [2.75, 3.05) is 0 Å². The second-order valence-electron chi connectivity index (χ2n) is 5.49. The van der Waals surface area contributed by atoms with Crippen molar-refractivity contribution in [1.29, 1.82) is 0 Å². The highest BCUT2D eigenvalue weighted by atomic mass is 32.2. The maximum absolute atomic E-state index is 9.59. The zero-order valence-corrected chi connectivity index (χ0v) is 12.7. The third-order valence-electron chi connectivity index (χ3n) is 2.70. The molecule has 0 amide bonds. The molecule has 2 aromatic rings. The van der Waals surface area contributed by atoms with Crippen LogP contribution in [0.5, 0.6) is 0 Å². The molecule has 19 heavy (non-hydrogen) atoms. The fourth-order valence-corrected chi connectivity index (χ4v) is 3.01. The van der Waals surface area contributed by atoms with Crippen LogP contribution in [-0.4, -0.2) is 19.6 Å². The van der Waals surface area contributed by atoms with Gasteiger partial charge in [-0.1, -0.05) is 50.7 Å². The molecule has 0 fully saturated rings. The Bertz CT molecular complexity index is 556. The van der Waals surface area contributed by atoms with E-state index in [2.05, 4.69) is 25.9 Å². The van der Waals surface area contributed by atoms with Crippen molar-refractivity contribution in [3.63, 3.8) is 0 Å². The van der Waals surface area contributed by atoms with Crippen LogP contribution >= 0.6 is 11.8 Å². The van der Waals surface area contributed by atoms with Crippen LogP contribution < -0.4 is 0 Å². The monoisotopic (exact) mass is 276 g/mol. The molecule has 1 heterocycles. The van der Waals surface area contributed by atoms with E-state index in [0.717, 1.165) is 22.0 Å². The average Bonchev–Trinajstić information content (AvgIpc) is 2.64. The van der Waals surface area contributed by atoms with Gasteiger partial charge in [-0.05, 0) is 19.1 Å². The van der Waals surface area contributed by atoms with Gasteiger partial charge < -0.3 is 5.11 Å². The largest absolute Gasteiger partial charge is 0.392 e. The molecule has 1 N–H and O–H groups in total. The summed E-state index contributed by atoms with van der Waals surface area (Å²) in [4.78, 5) is 0. The van der Waals surface area contributed by atoms with Crippen LogP contribution in [0.4, 0.5) is 0 Å². The summed E-state index contributed by atoms with van der Waals surface area (Å²) in [5, 5.41) is 15.2. The van der Waals surface area contributed by atoms with Crippen molar-refractivity contribution < 1.29 is 5.11 Å². The van der Waals surface area contributed by atoms with E-state index < -0.39 is 0 Å². The Labute approximate surface area is 118 Å². The number of aromatic nitrogens is 2. The summed E-state index contributed by atoms with van der Waals surface area (Å²) in [6.07, 6.45) is 0. The van der Waals surface area contributed by atoms with Crippen LogP contribution in [0.2, 0.25) is 0 Å². The molecule has 0 saturated heterocycles. The highest BCUT2D eigenvalue weighted by Gasteiger charge is 2.22. The van der Waals surface area contributed by atoms with Crippen molar-refractivity contribution in [3.8, 4) is 5.69 Å². The summed E-state index contributed by atoms with van der Waals surface area (Å²) in [5.74, 6) is 0. The first-order valence-electron chi connectivity index (χ1n) is 6.36. The standard InChI is InChI=1S/C15H20N2OS/c1-11-13(10-18)14(19-15(2,3)4)17(16-11)12-8-6-5-7-9-12/h5-9,18H,10H2,1-4H3. The molecular formula is C15H20N2OS. The van der Waals surface area contributed by atoms with Crippen LogP contribution in [0.1, 0.15) is 32.0 Å². The lowest BCUT2D eigenvalue weighted by Gasteiger charge is -2.19. The van der Waals surface area contributed by atoms with Crippen LogP contribution in [0.25, 0.3) is 5.69 Å². The summed E-state index contributed by atoms with van der Waals surface area (Å²) < 4.78 is 2.00. The SMILES string of the molecule is Cc1nn(-c2ccccc2)c(SC(C)(C)C)c1CO. The molecular weight excluding hydrogens is 256 g/mol. The Kier molecular flexibility index (Phi) is 4.02. The number of rotatable bonds is 3. The molecule has 0 bridgehead atoms. The van der Waals surface area contributed by atoms with E-state index >= 15 is 0 Å². The van der Waals surface area contributed by atoms with Gasteiger partial charge in [-0.3, -0.25) is 0 Å². The lowest BCUT2D eigenvalue weighted by Crippen LogP contribution is -2.10. The fourth-order valence-electron chi connectivity index (χ4n) is 1.86. The van der Waals surface area contributed by atoms with Gasteiger partial charge in [0, 0.05) is 10.3 Å². The van der Waals surface area contributed by atoms with Crippen LogP contribution in [0, 0.1) is 6.92 Å². The molecule has 2 rings (SSSR count). The van der Waals surface area contributed by atoms with Gasteiger partial charge in [-0.25, -0.2) is 4.68 Å². The molecule has 0 aliphatic rings. The minimum atomic E-state index is 0.0249. The number of aryl methyl sites for hydroxylation is 1. The number of para-hydroxylation sites is 1. The first-order valence-corrected chi connectivity index (χ1v) is 7.18. The van der Waals surface area contributed by atoms with E-state index in [4.69, 9.17) is 0 Å². The second kappa shape index (κ2) is 5.39. The molecule has 0 spiro atoms. The number of thioether (sulfide) groups is 1. The fraction of sp³-hybridized carbons (Fsp3) is 0.400. The lowest BCUT2D eigenvalue weighted by molar-refractivity contribution is 0.278. The first-order chi connectivity index (χ1) is 8.92. The van der Waals surface area contributed by atoms with Crippen molar-refractivity contribution in [3.05, 3.63) is 41.6 Å². The third-order valence-corrected chi connectivity index (χ3v) is 3.92. The summed E-state index contributed by atoms with van der Waals surface area (Å²) in [5.41, 5.74) is 2.83. The zero-order chi connectivity index (χ0) is 14.0. The number of benzene rings is 1. The zero-order valence-electron chi connectivity index (χ0n) is 11.8. The number of aliphatic hydroxyl groups excluding tert-OH is 1. The van der Waals surface area contributed by atoms with E-state index in [1.54, 1.807) is 11.8 Å². The van der Waals surface area contributed by atoms with Gasteiger partial charge in [0.1, 0.15) is 5.03 Å². The first kappa shape index (κ1) is 14.2. The maximum Gasteiger partial charge on any atom is 0.106 e. The average molecular weight is 276 g/mol. The molecule has 0 aliphatic heterocycles. The highest BCUT2D eigenvalue weighted by molar-refractivity contribution is 8.00. The lowest BCUT2D eigenvalue weighted by atomic mass is 10.2. The molecule has 4 heteroatoms. The van der Waals surface area contributed by atoms with Crippen LogP contribution in [0.3, 0.4) is 0 Å². The van der Waals surface area contributed by atoms with Gasteiger partial charge in [0.05, 0.1) is 18.0 Å². The second-order valence-corrected chi connectivity index (χ2v) is 7.30. The topological polar surface area (TPSA) is 38.0 Å². The Morgan fingerprint density at radius 3 is 2.37 bits per heavy atom. The van der Waals surface area contributed by atoms with Crippen LogP contribution in [-0.2, 0) is 6.61 Å². The van der Waals surface area contributed by atoms with E-state index in [1.165, 1.54) is 0 Å². The van der Waals surface area contributed by atoms with Crippen molar-refractivity contribution in [1.82, 2.24) is 9.78 Å². The molecule has 3 nitrogen and oxygen atoms in total. The van der Waals surface area contributed by atoms with E-state index in [9.17, 15) is 5.11 Å². The smallest absolute Gasteiger partial charge is 0.106 e. The molecule has 1 aromatic heterocycles. The maximum atomic E-state index is 9.59. The Morgan fingerprint density at radius 1 is 1.21 bits per heavy atom. The predicted octanol–water partition coefficient (Wildman–Crippen LogP) is 3.56. The van der Waals surface area contributed by atoms with Crippen LogP contribution in [0.15, 0.2) is 35.4 Å². The Morgan fingerprint density at radius 2 is 1.84 bits per heavy atom. The van der Waals surface area contributed by atoms with Gasteiger partial charge in [0.2, 0.25) is 0 Å². The molecule has 0 radical (unpaired) electrons. The minimum absolute atomic E-state index is 0.0249. The molecule has 0 aliphatic carbocycles. The van der Waals surface area contributed by atoms with E-state index in [0.29, 0.717) is 0 Å². The highest BCUT2D eigenvalue weighted by Crippen LogP contribution is 2.36. The van der Waals surface area contributed by atoms with Gasteiger partial charge >= 0.3 is 0 Å². The number of hydrogen-bond acceptors (Lipinski definition) is 3. The molecule has 1 aromatic carbocycles. The summed E-state index contributed by atoms with van der Waals surface area (Å²) in [7, 11) is 0. The summed E-state index contributed by atoms with van der Waals surface area (Å²) in [6, 6.07) is 10.0. The van der Waals surface area contributed by atoms with Crippen molar-refractivity contribution >= 4 is 11.8 Å². The van der Waals surface area contributed by atoms with Crippen molar-refractivity contribution in [2.45, 2.75) is 44.1 Å². The van der Waals surface area contributed by atoms with Crippen molar-refractivity contribution in [2.24, 2.45) is 0 Å². The third kappa shape index (κ3) is 3.19. The number of aliphatic hydroxyl groups is 1. The van der Waals surface area contributed by atoms with Gasteiger partial charge in [0.15, 0.2) is 0 Å².